The van der Waals surface area contributed by atoms with E-state index in [4.69, 9.17) is 4.74 Å². The van der Waals surface area contributed by atoms with Crippen LogP contribution in [0.2, 0.25) is 0 Å². The van der Waals surface area contributed by atoms with Crippen molar-refractivity contribution in [3.05, 3.63) is 28.2 Å². The molecule has 1 atom stereocenters. The van der Waals surface area contributed by atoms with Gasteiger partial charge in [-0.15, -0.1) is 0 Å². The maximum absolute atomic E-state index is 12.0. The summed E-state index contributed by atoms with van der Waals surface area (Å²) in [5, 5.41) is 8.30. The number of ether oxygens (including phenoxy) is 1. The van der Waals surface area contributed by atoms with Crippen LogP contribution in [0.25, 0.3) is 0 Å². The summed E-state index contributed by atoms with van der Waals surface area (Å²) in [5.74, 6) is -1.61. The van der Waals surface area contributed by atoms with Crippen molar-refractivity contribution in [3.63, 3.8) is 0 Å². The smallest absolute Gasteiger partial charge is 0.359 e. The number of carbonyl (C=O) groups excluding carboxylic acids is 3. The lowest BCUT2D eigenvalue weighted by Crippen LogP contribution is -2.44. The van der Waals surface area contributed by atoms with Crippen molar-refractivity contribution in [2.75, 3.05) is 6.54 Å². The Balaban J connectivity index is 2.71. The van der Waals surface area contributed by atoms with Crippen molar-refractivity contribution >= 4 is 17.9 Å². The van der Waals surface area contributed by atoms with E-state index in [-0.39, 0.29) is 11.3 Å². The van der Waals surface area contributed by atoms with E-state index in [0.29, 0.717) is 19.5 Å². The summed E-state index contributed by atoms with van der Waals surface area (Å²) in [6.07, 6.45) is -0.505. The van der Waals surface area contributed by atoms with Crippen molar-refractivity contribution in [1.29, 1.82) is 0 Å². The van der Waals surface area contributed by atoms with Crippen molar-refractivity contribution in [2.24, 2.45) is 0 Å². The Kier molecular flexibility index (Phi) is 6.91. The van der Waals surface area contributed by atoms with Crippen LogP contribution in [0, 0.1) is 0 Å². The fraction of sp³-hybridized carbons (Fsp3) is 0.500. The number of hydrogen-bond donors (Lipinski definition) is 2. The first-order valence-electron chi connectivity index (χ1n) is 7.26. The van der Waals surface area contributed by atoms with E-state index in [1.54, 1.807) is 6.92 Å². The largest absolute Gasteiger partial charge is 0.448 e. The number of aromatic nitrogens is 2. The second kappa shape index (κ2) is 8.66. The first kappa shape index (κ1) is 18.3. The molecule has 0 fully saturated rings. The Morgan fingerprint density at radius 2 is 2.00 bits per heavy atom. The van der Waals surface area contributed by atoms with Gasteiger partial charge in [0.2, 0.25) is 0 Å². The van der Waals surface area contributed by atoms with E-state index in [9.17, 15) is 19.2 Å². The fourth-order valence-electron chi connectivity index (χ4n) is 1.62. The standard InChI is InChI=1S/C14H20N4O5/c1-4-8-18-11(19)7-6-10(17-18)13(21)23-9(3)12(20)16-14(22)15-5-2/h6-7,9H,4-5,8H2,1-3H3,(H2,15,16,20,22). The molecule has 1 heterocycles. The van der Waals surface area contributed by atoms with Crippen molar-refractivity contribution < 1.29 is 19.1 Å². The monoisotopic (exact) mass is 324 g/mol. The summed E-state index contributed by atoms with van der Waals surface area (Å²) in [5.41, 5.74) is -0.416. The van der Waals surface area contributed by atoms with E-state index in [2.05, 4.69) is 10.4 Å². The second-order valence-corrected chi connectivity index (χ2v) is 4.68. The molecule has 0 aromatic carbocycles. The molecule has 0 aliphatic heterocycles. The number of hydrogen-bond acceptors (Lipinski definition) is 6. The highest BCUT2D eigenvalue weighted by atomic mass is 16.5. The fourth-order valence-corrected chi connectivity index (χ4v) is 1.62. The van der Waals surface area contributed by atoms with E-state index in [1.807, 2.05) is 12.2 Å². The van der Waals surface area contributed by atoms with Gasteiger partial charge in [-0.1, -0.05) is 6.92 Å². The minimum Gasteiger partial charge on any atom is -0.448 e. The van der Waals surface area contributed by atoms with Gasteiger partial charge in [-0.3, -0.25) is 14.9 Å². The number of carbonyl (C=O) groups is 3. The lowest BCUT2D eigenvalue weighted by Gasteiger charge is -2.13. The summed E-state index contributed by atoms with van der Waals surface area (Å²) in [6.45, 7) is 5.62. The van der Waals surface area contributed by atoms with Gasteiger partial charge in [0.05, 0.1) is 0 Å². The first-order valence-corrected chi connectivity index (χ1v) is 7.26. The lowest BCUT2D eigenvalue weighted by molar-refractivity contribution is -0.127. The van der Waals surface area contributed by atoms with Gasteiger partial charge < -0.3 is 10.1 Å². The van der Waals surface area contributed by atoms with E-state index in [0.717, 1.165) is 4.68 Å². The van der Waals surface area contributed by atoms with Gasteiger partial charge in [-0.2, -0.15) is 5.10 Å². The Labute approximate surface area is 133 Å². The summed E-state index contributed by atoms with van der Waals surface area (Å²) >= 11 is 0. The Morgan fingerprint density at radius 1 is 1.30 bits per heavy atom. The van der Waals surface area contributed by atoms with Gasteiger partial charge >= 0.3 is 12.0 Å². The highest BCUT2D eigenvalue weighted by Crippen LogP contribution is 2.00. The molecule has 0 spiro atoms. The summed E-state index contributed by atoms with van der Waals surface area (Å²) in [6, 6.07) is 1.76. The summed E-state index contributed by atoms with van der Waals surface area (Å²) in [7, 11) is 0. The van der Waals surface area contributed by atoms with Crippen LogP contribution < -0.4 is 16.2 Å². The highest BCUT2D eigenvalue weighted by Gasteiger charge is 2.21. The molecule has 0 bridgehead atoms. The normalized spacial score (nSPS) is 11.4. The maximum Gasteiger partial charge on any atom is 0.359 e. The van der Waals surface area contributed by atoms with Gasteiger partial charge in [-0.05, 0) is 26.3 Å². The van der Waals surface area contributed by atoms with Crippen LogP contribution in [0.4, 0.5) is 4.79 Å². The van der Waals surface area contributed by atoms with Crippen molar-refractivity contribution in [2.45, 2.75) is 39.8 Å². The van der Waals surface area contributed by atoms with E-state index in [1.165, 1.54) is 19.1 Å². The van der Waals surface area contributed by atoms with Crippen molar-refractivity contribution in [1.82, 2.24) is 20.4 Å². The maximum atomic E-state index is 12.0. The summed E-state index contributed by atoms with van der Waals surface area (Å²) < 4.78 is 6.09. The van der Waals surface area contributed by atoms with Crippen molar-refractivity contribution in [3.8, 4) is 0 Å². The van der Waals surface area contributed by atoms with Crippen LogP contribution in [0.1, 0.15) is 37.7 Å². The Bertz CT molecular complexity index is 640. The topological polar surface area (TPSA) is 119 Å². The lowest BCUT2D eigenvalue weighted by atomic mass is 10.3. The number of rotatable bonds is 6. The molecule has 126 valence electrons. The third kappa shape index (κ3) is 5.53. The SMILES string of the molecule is CCCn1nc(C(=O)OC(C)C(=O)NC(=O)NCC)ccc1=O. The van der Waals surface area contributed by atoms with Crippen LogP contribution in [0.3, 0.4) is 0 Å². The van der Waals surface area contributed by atoms with Crippen LogP contribution in [-0.4, -0.2) is 40.3 Å². The van der Waals surface area contributed by atoms with E-state index < -0.39 is 24.0 Å². The van der Waals surface area contributed by atoms with Gasteiger partial charge in [0.25, 0.3) is 11.5 Å². The number of urea groups is 1. The number of nitrogens with one attached hydrogen (secondary N) is 2. The van der Waals surface area contributed by atoms with Crippen LogP contribution in [0.15, 0.2) is 16.9 Å². The van der Waals surface area contributed by atoms with Crippen LogP contribution >= 0.6 is 0 Å². The van der Waals surface area contributed by atoms with Crippen LogP contribution in [-0.2, 0) is 16.1 Å². The van der Waals surface area contributed by atoms with Gasteiger partial charge in [0, 0.05) is 19.2 Å². The van der Waals surface area contributed by atoms with Gasteiger partial charge in [0.15, 0.2) is 11.8 Å². The van der Waals surface area contributed by atoms with Gasteiger partial charge in [0.1, 0.15) is 0 Å². The molecule has 9 heteroatoms. The first-order chi connectivity index (χ1) is 10.9. The van der Waals surface area contributed by atoms with Crippen LogP contribution in [0.5, 0.6) is 0 Å². The molecule has 2 N–H and O–H groups in total. The number of amides is 3. The Morgan fingerprint density at radius 3 is 2.61 bits per heavy atom. The molecule has 0 saturated carbocycles. The molecule has 9 nitrogen and oxygen atoms in total. The molecular formula is C14H20N4O5. The molecule has 0 saturated heterocycles. The third-order valence-electron chi connectivity index (χ3n) is 2.74. The minimum absolute atomic E-state index is 0.0873. The third-order valence-corrected chi connectivity index (χ3v) is 2.74. The molecule has 1 rings (SSSR count). The number of imide groups is 1. The van der Waals surface area contributed by atoms with E-state index >= 15 is 0 Å². The molecule has 1 unspecified atom stereocenters. The number of aryl methyl sites for hydroxylation is 1. The number of esters is 1. The molecule has 3 amide bonds. The molecule has 1 aromatic rings. The average molecular weight is 324 g/mol. The Hall–Kier alpha value is -2.71. The highest BCUT2D eigenvalue weighted by molar-refractivity contribution is 5.98. The summed E-state index contributed by atoms with van der Waals surface area (Å²) in [4.78, 5) is 46.4. The zero-order valence-corrected chi connectivity index (χ0v) is 13.3. The molecule has 0 aliphatic rings. The quantitative estimate of drug-likeness (QED) is 0.713. The predicted octanol–water partition coefficient (Wildman–Crippen LogP) is 0.0443. The number of nitrogens with zero attached hydrogens (tertiary/aromatic N) is 2. The van der Waals surface area contributed by atoms with Gasteiger partial charge in [-0.25, -0.2) is 14.3 Å². The molecule has 23 heavy (non-hydrogen) atoms. The molecular weight excluding hydrogens is 304 g/mol. The average Bonchev–Trinajstić information content (AvgIpc) is 2.49. The molecule has 0 radical (unpaired) electrons. The zero-order chi connectivity index (χ0) is 17.4. The second-order valence-electron chi connectivity index (χ2n) is 4.68. The predicted molar refractivity (Wildman–Crippen MR) is 80.9 cm³/mol. The molecule has 1 aromatic heterocycles. The minimum atomic E-state index is -1.18. The molecule has 0 aliphatic carbocycles. The zero-order valence-electron chi connectivity index (χ0n) is 13.3.